The summed E-state index contributed by atoms with van der Waals surface area (Å²) >= 11 is 0. The van der Waals surface area contributed by atoms with Crippen LogP contribution >= 0.6 is 0 Å². The van der Waals surface area contributed by atoms with Crippen LogP contribution in [0.4, 0.5) is 4.79 Å². The molecule has 222 valence electrons. The third kappa shape index (κ3) is 12.1. The van der Waals surface area contributed by atoms with Gasteiger partial charge in [0.25, 0.3) is 0 Å². The van der Waals surface area contributed by atoms with Crippen LogP contribution in [0.1, 0.15) is 93.6 Å². The molecule has 0 fully saturated rings. The van der Waals surface area contributed by atoms with Gasteiger partial charge < -0.3 is 20.2 Å². The van der Waals surface area contributed by atoms with Gasteiger partial charge in [0.15, 0.2) is 5.78 Å². The van der Waals surface area contributed by atoms with Crippen LogP contribution < -0.4 is 5.32 Å². The molecular formula is C32H55N3O4. The van der Waals surface area contributed by atoms with E-state index in [1.54, 1.807) is 16.8 Å². The van der Waals surface area contributed by atoms with Gasteiger partial charge in [0.05, 0.1) is 12.1 Å². The van der Waals surface area contributed by atoms with Gasteiger partial charge in [-0.1, -0.05) is 71.9 Å². The normalized spacial score (nSPS) is 14.5. The number of amides is 3. The average Bonchev–Trinajstić information content (AvgIpc) is 2.83. The molecule has 0 saturated carbocycles. The molecule has 0 aromatic heterocycles. The van der Waals surface area contributed by atoms with E-state index in [2.05, 4.69) is 19.2 Å². The molecule has 0 bridgehead atoms. The summed E-state index contributed by atoms with van der Waals surface area (Å²) < 4.78 is 0. The van der Waals surface area contributed by atoms with Crippen molar-refractivity contribution in [2.45, 2.75) is 112 Å². The molecule has 2 N–H and O–H groups in total. The number of Topliss-reactive ketones (excluding diaryl/α,β-unsaturated/α-hetero) is 1. The topological polar surface area (TPSA) is 90.0 Å². The largest absolute Gasteiger partial charge is 0.391 e. The van der Waals surface area contributed by atoms with Crippen molar-refractivity contribution in [1.82, 2.24) is 15.1 Å². The van der Waals surface area contributed by atoms with Gasteiger partial charge >= 0.3 is 6.03 Å². The van der Waals surface area contributed by atoms with Crippen LogP contribution in [-0.2, 0) is 16.0 Å². The maximum atomic E-state index is 13.7. The fraction of sp³-hybridized carbons (Fsp3) is 0.719. The first-order valence-electron chi connectivity index (χ1n) is 14.5. The van der Waals surface area contributed by atoms with Gasteiger partial charge in [0, 0.05) is 38.5 Å². The van der Waals surface area contributed by atoms with E-state index >= 15 is 0 Å². The first-order valence-corrected chi connectivity index (χ1v) is 14.5. The first kappa shape index (κ1) is 34.6. The molecule has 0 radical (unpaired) electrons. The molecule has 0 aliphatic rings. The summed E-state index contributed by atoms with van der Waals surface area (Å²) in [6, 6.07) is 9.01. The second-order valence-corrected chi connectivity index (χ2v) is 13.4. The minimum absolute atomic E-state index is 0.0983. The maximum absolute atomic E-state index is 13.7. The van der Waals surface area contributed by atoms with Crippen LogP contribution in [0.5, 0.6) is 0 Å². The summed E-state index contributed by atoms with van der Waals surface area (Å²) in [5, 5.41) is 14.5. The number of nitrogens with zero attached hydrogens (tertiary/aromatic N) is 2. The van der Waals surface area contributed by atoms with E-state index in [1.807, 2.05) is 78.8 Å². The highest BCUT2D eigenvalue weighted by molar-refractivity contribution is 5.90. The van der Waals surface area contributed by atoms with E-state index in [0.29, 0.717) is 31.7 Å². The Morgan fingerprint density at radius 3 is 2.08 bits per heavy atom. The van der Waals surface area contributed by atoms with Crippen molar-refractivity contribution >= 4 is 17.7 Å². The number of hydrogen-bond acceptors (Lipinski definition) is 4. The molecule has 0 heterocycles. The lowest BCUT2D eigenvalue weighted by atomic mass is 9.79. The zero-order valence-electron chi connectivity index (χ0n) is 26.2. The molecule has 0 aliphatic carbocycles. The molecule has 7 nitrogen and oxygen atoms in total. The molecule has 1 aromatic rings. The third-order valence-electron chi connectivity index (χ3n) is 7.27. The lowest BCUT2D eigenvalue weighted by Gasteiger charge is -2.38. The van der Waals surface area contributed by atoms with Crippen molar-refractivity contribution < 1.29 is 19.5 Å². The molecule has 3 unspecified atom stereocenters. The Bertz CT molecular complexity index is 902. The fourth-order valence-electron chi connectivity index (χ4n) is 4.43. The second kappa shape index (κ2) is 15.4. The predicted octanol–water partition coefficient (Wildman–Crippen LogP) is 5.69. The molecule has 3 atom stereocenters. The summed E-state index contributed by atoms with van der Waals surface area (Å²) in [6.07, 6.45) is 1.57. The zero-order valence-corrected chi connectivity index (χ0v) is 26.2. The quantitative estimate of drug-likeness (QED) is 0.314. The number of carbonyl (C=O) groups is 3. The number of urea groups is 1. The number of hydrogen-bond donors (Lipinski definition) is 2. The van der Waals surface area contributed by atoms with Crippen LogP contribution in [0.15, 0.2) is 30.3 Å². The SMILES string of the molecule is CCCC(=O)NC(C(=O)CC(Cc1ccccc1)C(O)CN(CCC(C)C)C(=O)N(C)C(C)(C)C)C(C)(C)C. The van der Waals surface area contributed by atoms with Crippen LogP contribution in [0.3, 0.4) is 0 Å². The van der Waals surface area contributed by atoms with Gasteiger partial charge in [-0.3, -0.25) is 9.59 Å². The predicted molar refractivity (Wildman–Crippen MR) is 160 cm³/mol. The van der Waals surface area contributed by atoms with Crippen LogP contribution in [0.2, 0.25) is 0 Å². The Balaban J connectivity index is 3.28. The first-order chi connectivity index (χ1) is 18.0. The van der Waals surface area contributed by atoms with E-state index in [9.17, 15) is 19.5 Å². The van der Waals surface area contributed by atoms with Gasteiger partial charge in [0.1, 0.15) is 0 Å². The molecule has 3 amide bonds. The number of aliphatic hydroxyl groups is 1. The van der Waals surface area contributed by atoms with Gasteiger partial charge in [-0.2, -0.15) is 0 Å². The minimum atomic E-state index is -0.911. The molecule has 0 aliphatic heterocycles. The van der Waals surface area contributed by atoms with E-state index in [4.69, 9.17) is 0 Å². The van der Waals surface area contributed by atoms with Crippen LogP contribution in [-0.4, -0.2) is 70.4 Å². The number of nitrogens with one attached hydrogen (secondary N) is 1. The second-order valence-electron chi connectivity index (χ2n) is 13.4. The van der Waals surface area contributed by atoms with Gasteiger partial charge in [0.2, 0.25) is 5.91 Å². The summed E-state index contributed by atoms with van der Waals surface area (Å²) in [6.45, 7) is 18.6. The lowest BCUT2D eigenvalue weighted by molar-refractivity contribution is -0.131. The highest BCUT2D eigenvalue weighted by atomic mass is 16.3. The van der Waals surface area contributed by atoms with Crippen LogP contribution in [0.25, 0.3) is 0 Å². The van der Waals surface area contributed by atoms with Crippen molar-refractivity contribution in [3.8, 4) is 0 Å². The van der Waals surface area contributed by atoms with Crippen molar-refractivity contribution in [2.24, 2.45) is 17.3 Å². The van der Waals surface area contributed by atoms with Gasteiger partial charge in [-0.15, -0.1) is 0 Å². The summed E-state index contributed by atoms with van der Waals surface area (Å²) in [5.41, 5.74) is 0.175. The van der Waals surface area contributed by atoms with Gasteiger partial charge in [-0.05, 0) is 62.8 Å². The number of benzene rings is 1. The number of ketones is 1. The zero-order chi connectivity index (χ0) is 30.0. The standard InChI is InChI=1S/C32H55N3O4/c1-11-15-28(38)33-29(31(4,5)6)26(36)21-25(20-24-16-13-12-14-17-24)27(37)22-35(19-18-23(2)3)30(39)34(10)32(7,8)9/h12-14,16-17,23,25,27,29,37H,11,15,18-22H2,1-10H3,(H,33,38). The Morgan fingerprint density at radius 1 is 1.00 bits per heavy atom. The molecule has 0 spiro atoms. The molecular weight excluding hydrogens is 490 g/mol. The van der Waals surface area contributed by atoms with E-state index in [1.165, 1.54) is 0 Å². The van der Waals surface area contributed by atoms with E-state index in [-0.39, 0.29) is 36.2 Å². The smallest absolute Gasteiger partial charge is 0.320 e. The highest BCUT2D eigenvalue weighted by Crippen LogP contribution is 2.26. The molecule has 39 heavy (non-hydrogen) atoms. The molecule has 1 rings (SSSR count). The Labute approximate surface area is 237 Å². The van der Waals surface area contributed by atoms with Crippen molar-refractivity contribution in [3.63, 3.8) is 0 Å². The van der Waals surface area contributed by atoms with Crippen molar-refractivity contribution in [3.05, 3.63) is 35.9 Å². The van der Waals surface area contributed by atoms with E-state index in [0.717, 1.165) is 12.0 Å². The number of carbonyl (C=O) groups excluding carboxylic acids is 3. The van der Waals surface area contributed by atoms with Crippen LogP contribution in [0, 0.1) is 17.3 Å². The highest BCUT2D eigenvalue weighted by Gasteiger charge is 2.36. The molecule has 7 heteroatoms. The van der Waals surface area contributed by atoms with Crippen molar-refractivity contribution in [2.75, 3.05) is 20.1 Å². The fourth-order valence-corrected chi connectivity index (χ4v) is 4.43. The Morgan fingerprint density at radius 2 is 1.59 bits per heavy atom. The summed E-state index contributed by atoms with van der Waals surface area (Å²) in [4.78, 5) is 43.1. The maximum Gasteiger partial charge on any atom is 0.320 e. The summed E-state index contributed by atoms with van der Waals surface area (Å²) in [7, 11) is 1.79. The van der Waals surface area contributed by atoms with E-state index < -0.39 is 23.5 Å². The monoisotopic (exact) mass is 545 g/mol. The number of aliphatic hydroxyl groups excluding tert-OH is 1. The number of rotatable bonds is 14. The molecule has 1 aromatic carbocycles. The lowest BCUT2D eigenvalue weighted by Crippen LogP contribution is -2.53. The van der Waals surface area contributed by atoms with Crippen molar-refractivity contribution in [1.29, 1.82) is 0 Å². The third-order valence-corrected chi connectivity index (χ3v) is 7.27. The minimum Gasteiger partial charge on any atom is -0.391 e. The van der Waals surface area contributed by atoms with Gasteiger partial charge in [-0.25, -0.2) is 4.79 Å². The summed E-state index contributed by atoms with van der Waals surface area (Å²) in [5.74, 6) is -0.249. The molecule has 0 saturated heterocycles. The Kier molecular flexibility index (Phi) is 13.7. The average molecular weight is 546 g/mol. The Hall–Kier alpha value is -2.41.